The van der Waals surface area contributed by atoms with Crippen LogP contribution in [0.25, 0.3) is 0 Å². The molecule has 0 saturated carbocycles. The molecule has 2 N–H and O–H groups in total. The molecular formula is C17H34O4. The van der Waals surface area contributed by atoms with Gasteiger partial charge in [-0.3, -0.25) is 0 Å². The van der Waals surface area contributed by atoms with Crippen molar-refractivity contribution < 1.29 is 19.7 Å². The number of hydrogen-bond acceptors (Lipinski definition) is 4. The smallest absolute Gasteiger partial charge is 0.163 e. The van der Waals surface area contributed by atoms with E-state index in [9.17, 15) is 5.11 Å². The van der Waals surface area contributed by atoms with Crippen LogP contribution in [0.2, 0.25) is 0 Å². The summed E-state index contributed by atoms with van der Waals surface area (Å²) in [6, 6.07) is 0. The summed E-state index contributed by atoms with van der Waals surface area (Å²) in [7, 11) is 0. The van der Waals surface area contributed by atoms with Gasteiger partial charge in [-0.05, 0) is 33.6 Å². The summed E-state index contributed by atoms with van der Waals surface area (Å²) < 4.78 is 11.5. The Bertz CT molecular complexity index is 266. The summed E-state index contributed by atoms with van der Waals surface area (Å²) >= 11 is 0. The van der Waals surface area contributed by atoms with Gasteiger partial charge in [0.2, 0.25) is 0 Å². The van der Waals surface area contributed by atoms with Crippen molar-refractivity contribution in [3.63, 3.8) is 0 Å². The molecule has 21 heavy (non-hydrogen) atoms. The maximum absolute atomic E-state index is 9.31. The normalized spacial score (nSPS) is 26.1. The Labute approximate surface area is 129 Å². The van der Waals surface area contributed by atoms with E-state index in [1.165, 1.54) is 32.1 Å². The summed E-state index contributed by atoms with van der Waals surface area (Å²) in [5.74, 6) is -0.554. The fourth-order valence-corrected chi connectivity index (χ4v) is 2.98. The van der Waals surface area contributed by atoms with Crippen LogP contribution in [0, 0.1) is 0 Å². The van der Waals surface area contributed by atoms with Crippen molar-refractivity contribution in [3.05, 3.63) is 0 Å². The van der Waals surface area contributed by atoms with E-state index in [-0.39, 0.29) is 24.9 Å². The Morgan fingerprint density at radius 2 is 1.43 bits per heavy atom. The van der Waals surface area contributed by atoms with Crippen molar-refractivity contribution in [1.82, 2.24) is 0 Å². The minimum absolute atomic E-state index is 0.0380. The summed E-state index contributed by atoms with van der Waals surface area (Å²) in [6.45, 7) is 5.71. The quantitative estimate of drug-likeness (QED) is 0.574. The van der Waals surface area contributed by atoms with E-state index in [0.717, 1.165) is 25.7 Å². The minimum atomic E-state index is -0.554. The molecule has 1 heterocycles. The molecule has 1 aliphatic heterocycles. The summed E-state index contributed by atoms with van der Waals surface area (Å²) in [4.78, 5) is 0. The van der Waals surface area contributed by atoms with Gasteiger partial charge in [0, 0.05) is 0 Å². The first-order chi connectivity index (χ1) is 9.94. The molecule has 4 heteroatoms. The summed E-state index contributed by atoms with van der Waals surface area (Å²) in [6.07, 6.45) is 10.1. The number of aliphatic hydroxyl groups excluding tert-OH is 2. The molecule has 0 aliphatic carbocycles. The number of ether oxygens (including phenoxy) is 2. The third-order valence-electron chi connectivity index (χ3n) is 4.08. The average Bonchev–Trinajstić information content (AvgIpc) is 2.71. The maximum Gasteiger partial charge on any atom is 0.163 e. The number of unbranched alkanes of at least 4 members (excludes halogenated alkanes) is 6. The predicted octanol–water partition coefficient (Wildman–Crippen LogP) is 3.39. The zero-order valence-corrected chi connectivity index (χ0v) is 14.0. The molecule has 1 aliphatic rings. The van der Waals surface area contributed by atoms with Gasteiger partial charge in [0.15, 0.2) is 5.79 Å². The molecule has 1 fully saturated rings. The average molecular weight is 302 g/mol. The van der Waals surface area contributed by atoms with Gasteiger partial charge in [-0.1, -0.05) is 44.9 Å². The molecule has 0 aromatic carbocycles. The van der Waals surface area contributed by atoms with E-state index < -0.39 is 5.79 Å². The topological polar surface area (TPSA) is 58.9 Å². The molecule has 0 spiro atoms. The van der Waals surface area contributed by atoms with Gasteiger partial charge in [-0.25, -0.2) is 0 Å². The SMILES string of the molecule is C[C@@H](O)CCCCCCCCC[C@@H]1OC(C)(C)O[C@H]1CO. The maximum atomic E-state index is 9.31. The van der Waals surface area contributed by atoms with E-state index in [4.69, 9.17) is 14.6 Å². The molecule has 0 aromatic rings. The van der Waals surface area contributed by atoms with E-state index in [0.29, 0.717) is 0 Å². The van der Waals surface area contributed by atoms with E-state index in [1.54, 1.807) is 0 Å². The van der Waals surface area contributed by atoms with Crippen molar-refractivity contribution in [2.24, 2.45) is 0 Å². The monoisotopic (exact) mass is 302 g/mol. The van der Waals surface area contributed by atoms with Gasteiger partial charge in [0.1, 0.15) is 6.10 Å². The predicted molar refractivity (Wildman–Crippen MR) is 84.1 cm³/mol. The van der Waals surface area contributed by atoms with Crippen LogP contribution in [0.1, 0.15) is 78.6 Å². The number of aliphatic hydroxyl groups is 2. The molecular weight excluding hydrogens is 268 g/mol. The lowest BCUT2D eigenvalue weighted by Gasteiger charge is -2.16. The van der Waals surface area contributed by atoms with Crippen LogP contribution >= 0.6 is 0 Å². The van der Waals surface area contributed by atoms with Crippen LogP contribution in [0.3, 0.4) is 0 Å². The van der Waals surface area contributed by atoms with E-state index in [2.05, 4.69) is 0 Å². The molecule has 3 atom stereocenters. The zero-order valence-electron chi connectivity index (χ0n) is 14.0. The number of rotatable bonds is 11. The molecule has 0 unspecified atom stereocenters. The Hall–Kier alpha value is -0.160. The Balaban J connectivity index is 1.97. The lowest BCUT2D eigenvalue weighted by Crippen LogP contribution is -2.26. The van der Waals surface area contributed by atoms with Crippen LogP contribution in [-0.2, 0) is 9.47 Å². The van der Waals surface area contributed by atoms with Crippen LogP contribution in [0.15, 0.2) is 0 Å². The van der Waals surface area contributed by atoms with Crippen molar-refractivity contribution in [2.45, 2.75) is 103 Å². The second-order valence-corrected chi connectivity index (χ2v) is 6.80. The first-order valence-electron chi connectivity index (χ1n) is 8.59. The molecule has 1 rings (SSSR count). The highest BCUT2D eigenvalue weighted by molar-refractivity contribution is 4.80. The third-order valence-corrected chi connectivity index (χ3v) is 4.08. The largest absolute Gasteiger partial charge is 0.394 e. The van der Waals surface area contributed by atoms with Crippen LogP contribution in [0.4, 0.5) is 0 Å². The third kappa shape index (κ3) is 8.15. The molecule has 0 aromatic heterocycles. The summed E-state index contributed by atoms with van der Waals surface area (Å²) in [5.41, 5.74) is 0. The van der Waals surface area contributed by atoms with Crippen molar-refractivity contribution in [3.8, 4) is 0 Å². The van der Waals surface area contributed by atoms with Gasteiger partial charge < -0.3 is 19.7 Å². The van der Waals surface area contributed by atoms with Crippen molar-refractivity contribution in [2.75, 3.05) is 6.61 Å². The number of hydrogen-bond donors (Lipinski definition) is 2. The Morgan fingerprint density at radius 3 is 2.00 bits per heavy atom. The minimum Gasteiger partial charge on any atom is -0.394 e. The highest BCUT2D eigenvalue weighted by Gasteiger charge is 2.40. The standard InChI is InChI=1S/C17H34O4/c1-14(19)11-9-7-5-4-6-8-10-12-15-16(13-18)21-17(2,3)20-15/h14-16,18-19H,4-13H2,1-3H3/t14-,15+,16+/m1/s1. The summed E-state index contributed by atoms with van der Waals surface area (Å²) in [5, 5.41) is 18.5. The molecule has 0 amide bonds. The lowest BCUT2D eigenvalue weighted by atomic mass is 10.0. The van der Waals surface area contributed by atoms with Crippen LogP contribution < -0.4 is 0 Å². The van der Waals surface area contributed by atoms with Crippen molar-refractivity contribution in [1.29, 1.82) is 0 Å². The second kappa shape index (κ2) is 9.78. The first kappa shape index (κ1) is 18.9. The van der Waals surface area contributed by atoms with Crippen molar-refractivity contribution >= 4 is 0 Å². The van der Waals surface area contributed by atoms with Gasteiger partial charge >= 0.3 is 0 Å². The molecule has 0 radical (unpaired) electrons. The second-order valence-electron chi connectivity index (χ2n) is 6.80. The molecule has 0 bridgehead atoms. The van der Waals surface area contributed by atoms with E-state index >= 15 is 0 Å². The van der Waals surface area contributed by atoms with E-state index in [1.807, 2.05) is 20.8 Å². The zero-order chi connectivity index (χ0) is 15.7. The highest BCUT2D eigenvalue weighted by atomic mass is 16.8. The van der Waals surface area contributed by atoms with Gasteiger partial charge in [-0.15, -0.1) is 0 Å². The first-order valence-corrected chi connectivity index (χ1v) is 8.59. The highest BCUT2D eigenvalue weighted by Crippen LogP contribution is 2.30. The fourth-order valence-electron chi connectivity index (χ4n) is 2.98. The van der Waals surface area contributed by atoms with Crippen LogP contribution in [0.5, 0.6) is 0 Å². The van der Waals surface area contributed by atoms with Gasteiger partial charge in [0.05, 0.1) is 18.8 Å². The Kier molecular flexibility index (Phi) is 8.79. The van der Waals surface area contributed by atoms with Crippen LogP contribution in [-0.4, -0.2) is 40.9 Å². The molecule has 1 saturated heterocycles. The van der Waals surface area contributed by atoms with Gasteiger partial charge in [0.25, 0.3) is 0 Å². The molecule has 126 valence electrons. The molecule has 4 nitrogen and oxygen atoms in total. The Morgan fingerprint density at radius 1 is 0.905 bits per heavy atom. The van der Waals surface area contributed by atoms with Gasteiger partial charge in [-0.2, -0.15) is 0 Å². The lowest BCUT2D eigenvalue weighted by molar-refractivity contribution is -0.149. The fraction of sp³-hybridized carbons (Fsp3) is 1.00.